The first-order chi connectivity index (χ1) is 16.6. The molecular formula is C26H29N3O5. The number of hydrogen-bond donors (Lipinski definition) is 1. The van der Waals surface area contributed by atoms with Gasteiger partial charge in [0, 0.05) is 32.6 Å². The molecule has 2 unspecified atom stereocenters. The number of morpholine rings is 1. The van der Waals surface area contributed by atoms with Crippen molar-refractivity contribution < 1.29 is 23.2 Å². The fourth-order valence-electron chi connectivity index (χ4n) is 4.76. The Kier molecular flexibility index (Phi) is 6.51. The number of fused-ring (bicyclic) bond motifs is 1. The summed E-state index contributed by atoms with van der Waals surface area (Å²) < 4.78 is 16.8. The zero-order chi connectivity index (χ0) is 23.5. The van der Waals surface area contributed by atoms with E-state index >= 15 is 0 Å². The van der Waals surface area contributed by atoms with Gasteiger partial charge in [-0.1, -0.05) is 24.3 Å². The number of aryl methyl sites for hydroxylation is 1. The number of furan rings is 2. The van der Waals surface area contributed by atoms with Gasteiger partial charge in [0.15, 0.2) is 5.76 Å². The predicted octanol–water partition coefficient (Wildman–Crippen LogP) is 2.94. The highest BCUT2D eigenvalue weighted by atomic mass is 16.5. The van der Waals surface area contributed by atoms with E-state index in [9.17, 15) is 9.59 Å². The molecule has 2 amide bonds. The molecule has 0 spiro atoms. The van der Waals surface area contributed by atoms with Gasteiger partial charge in [0.25, 0.3) is 5.91 Å². The Morgan fingerprint density at radius 3 is 2.56 bits per heavy atom. The first-order valence-corrected chi connectivity index (χ1v) is 11.7. The van der Waals surface area contributed by atoms with Crippen LogP contribution in [-0.2, 0) is 22.5 Å². The molecule has 8 nitrogen and oxygen atoms in total. The fourth-order valence-corrected chi connectivity index (χ4v) is 4.76. The molecule has 1 fully saturated rings. The maximum atomic E-state index is 13.5. The first-order valence-electron chi connectivity index (χ1n) is 11.7. The molecule has 4 heterocycles. The molecule has 1 saturated heterocycles. The SMILES string of the molecule is Cc1ccc(C(CNC(=O)C2Cc3ccccc3CN2C(=O)c2ccco2)N2CCOCC2)o1. The standard InChI is InChI=1S/C26H29N3O5/c1-18-8-9-23(34-18)22(28-10-13-32-14-11-28)16-27-25(30)21-15-19-5-2-3-6-20(19)17-29(21)26(31)24-7-4-12-33-24/h2-9,12,21-22H,10-11,13-17H2,1H3,(H,27,30). The summed E-state index contributed by atoms with van der Waals surface area (Å²) in [4.78, 5) is 30.6. The largest absolute Gasteiger partial charge is 0.465 e. The molecule has 0 bridgehead atoms. The van der Waals surface area contributed by atoms with Crippen molar-refractivity contribution >= 4 is 11.8 Å². The fraction of sp³-hybridized carbons (Fsp3) is 0.385. The van der Waals surface area contributed by atoms with Gasteiger partial charge in [0.1, 0.15) is 17.6 Å². The van der Waals surface area contributed by atoms with Crippen LogP contribution < -0.4 is 5.32 Å². The lowest BCUT2D eigenvalue weighted by Gasteiger charge is -2.37. The zero-order valence-electron chi connectivity index (χ0n) is 19.2. The third kappa shape index (κ3) is 4.64. The molecule has 2 aromatic heterocycles. The topological polar surface area (TPSA) is 88.2 Å². The van der Waals surface area contributed by atoms with Gasteiger partial charge in [0.2, 0.25) is 5.91 Å². The van der Waals surface area contributed by atoms with Gasteiger partial charge in [-0.15, -0.1) is 0 Å². The number of carbonyl (C=O) groups is 2. The lowest BCUT2D eigenvalue weighted by atomic mass is 9.93. The summed E-state index contributed by atoms with van der Waals surface area (Å²) in [6, 6.07) is 14.4. The second kappa shape index (κ2) is 9.87. The number of amides is 2. The summed E-state index contributed by atoms with van der Waals surface area (Å²) in [6.07, 6.45) is 1.93. The van der Waals surface area contributed by atoms with Gasteiger partial charge in [0.05, 0.1) is 25.5 Å². The summed E-state index contributed by atoms with van der Waals surface area (Å²) in [5.41, 5.74) is 2.13. The Hall–Kier alpha value is -3.36. The zero-order valence-corrected chi connectivity index (χ0v) is 19.2. The number of carbonyl (C=O) groups excluding carboxylic acids is 2. The van der Waals surface area contributed by atoms with Gasteiger partial charge in [-0.25, -0.2) is 0 Å². The van der Waals surface area contributed by atoms with Crippen LogP contribution >= 0.6 is 0 Å². The number of hydrogen-bond acceptors (Lipinski definition) is 6. The second-order valence-electron chi connectivity index (χ2n) is 8.76. The first kappa shape index (κ1) is 22.4. The van der Waals surface area contributed by atoms with Crippen LogP contribution in [-0.4, -0.2) is 60.5 Å². The van der Waals surface area contributed by atoms with Crippen LogP contribution in [0.3, 0.4) is 0 Å². The molecule has 178 valence electrons. The molecule has 3 aromatic rings. The summed E-state index contributed by atoms with van der Waals surface area (Å²) in [5, 5.41) is 3.11. The van der Waals surface area contributed by atoms with Crippen molar-refractivity contribution in [2.75, 3.05) is 32.8 Å². The predicted molar refractivity (Wildman–Crippen MR) is 124 cm³/mol. The maximum absolute atomic E-state index is 13.5. The van der Waals surface area contributed by atoms with Gasteiger partial charge < -0.3 is 23.8 Å². The molecule has 2 atom stereocenters. The van der Waals surface area contributed by atoms with E-state index in [4.69, 9.17) is 13.6 Å². The molecule has 34 heavy (non-hydrogen) atoms. The molecule has 2 aliphatic heterocycles. The van der Waals surface area contributed by atoms with Crippen LogP contribution in [0.25, 0.3) is 0 Å². The van der Waals surface area contributed by atoms with Gasteiger partial charge in [-0.3, -0.25) is 14.5 Å². The Labute approximate surface area is 198 Å². The number of ether oxygens (including phenoxy) is 1. The van der Waals surface area contributed by atoms with Gasteiger partial charge in [-0.05, 0) is 42.3 Å². The van der Waals surface area contributed by atoms with Crippen molar-refractivity contribution in [3.8, 4) is 0 Å². The molecular weight excluding hydrogens is 434 g/mol. The molecule has 1 aromatic carbocycles. The summed E-state index contributed by atoms with van der Waals surface area (Å²) >= 11 is 0. The van der Waals surface area contributed by atoms with E-state index in [0.29, 0.717) is 32.7 Å². The highest BCUT2D eigenvalue weighted by molar-refractivity contribution is 5.96. The van der Waals surface area contributed by atoms with Crippen molar-refractivity contribution in [1.82, 2.24) is 15.1 Å². The highest BCUT2D eigenvalue weighted by Gasteiger charge is 2.36. The minimum absolute atomic E-state index is 0.105. The van der Waals surface area contributed by atoms with Crippen molar-refractivity contribution in [3.05, 3.63) is 83.2 Å². The molecule has 8 heteroatoms. The average molecular weight is 464 g/mol. The molecule has 5 rings (SSSR count). The number of nitrogens with zero attached hydrogens (tertiary/aromatic N) is 2. The van der Waals surface area contributed by atoms with E-state index < -0.39 is 6.04 Å². The van der Waals surface area contributed by atoms with Crippen LogP contribution in [0.1, 0.15) is 39.2 Å². The smallest absolute Gasteiger partial charge is 0.290 e. The Balaban J connectivity index is 1.36. The van der Waals surface area contributed by atoms with E-state index in [1.807, 2.05) is 43.3 Å². The quantitative estimate of drug-likeness (QED) is 0.605. The van der Waals surface area contributed by atoms with Crippen molar-refractivity contribution in [3.63, 3.8) is 0 Å². The number of rotatable bonds is 6. The van der Waals surface area contributed by atoms with Gasteiger partial charge >= 0.3 is 0 Å². The van der Waals surface area contributed by atoms with Crippen LogP contribution in [0.5, 0.6) is 0 Å². The number of benzene rings is 1. The third-order valence-corrected chi connectivity index (χ3v) is 6.59. The van der Waals surface area contributed by atoms with Crippen LogP contribution in [0.4, 0.5) is 0 Å². The summed E-state index contributed by atoms with van der Waals surface area (Å²) in [6.45, 7) is 5.48. The van der Waals surface area contributed by atoms with Crippen LogP contribution in [0, 0.1) is 6.92 Å². The van der Waals surface area contributed by atoms with E-state index in [2.05, 4.69) is 10.2 Å². The molecule has 0 radical (unpaired) electrons. The van der Waals surface area contributed by atoms with Crippen molar-refractivity contribution in [2.45, 2.75) is 32.0 Å². The summed E-state index contributed by atoms with van der Waals surface area (Å²) in [7, 11) is 0. The maximum Gasteiger partial charge on any atom is 0.290 e. The molecule has 2 aliphatic rings. The average Bonchev–Trinajstić information content (AvgIpc) is 3.56. The third-order valence-electron chi connectivity index (χ3n) is 6.59. The second-order valence-corrected chi connectivity index (χ2v) is 8.76. The van der Waals surface area contributed by atoms with Crippen LogP contribution in [0.2, 0.25) is 0 Å². The molecule has 0 saturated carbocycles. The highest BCUT2D eigenvalue weighted by Crippen LogP contribution is 2.27. The van der Waals surface area contributed by atoms with Crippen molar-refractivity contribution in [2.24, 2.45) is 0 Å². The van der Waals surface area contributed by atoms with Gasteiger partial charge in [-0.2, -0.15) is 0 Å². The van der Waals surface area contributed by atoms with E-state index in [0.717, 1.165) is 35.7 Å². The lowest BCUT2D eigenvalue weighted by Crippen LogP contribution is -2.54. The molecule has 1 N–H and O–H groups in total. The van der Waals surface area contributed by atoms with E-state index in [-0.39, 0.29) is 23.6 Å². The normalized spacial score (nSPS) is 19.4. The lowest BCUT2D eigenvalue weighted by molar-refractivity contribution is -0.126. The van der Waals surface area contributed by atoms with E-state index in [1.54, 1.807) is 17.0 Å². The Bertz CT molecular complexity index is 1130. The Morgan fingerprint density at radius 1 is 1.06 bits per heavy atom. The molecule has 0 aliphatic carbocycles. The minimum Gasteiger partial charge on any atom is -0.465 e. The van der Waals surface area contributed by atoms with E-state index in [1.165, 1.54) is 6.26 Å². The van der Waals surface area contributed by atoms with Crippen molar-refractivity contribution in [1.29, 1.82) is 0 Å². The summed E-state index contributed by atoms with van der Waals surface area (Å²) in [5.74, 6) is 1.41. The minimum atomic E-state index is -0.629. The Morgan fingerprint density at radius 2 is 1.85 bits per heavy atom. The monoisotopic (exact) mass is 463 g/mol. The van der Waals surface area contributed by atoms with Crippen LogP contribution in [0.15, 0.2) is 63.6 Å². The number of nitrogens with one attached hydrogen (secondary N) is 1.